The van der Waals surface area contributed by atoms with Gasteiger partial charge in [0.25, 0.3) is 0 Å². The largest absolute Gasteiger partial charge is 0.0654 e. The lowest BCUT2D eigenvalue weighted by Crippen LogP contribution is -2.01. The minimum atomic E-state index is 1.24. The number of benzene rings is 2. The summed E-state index contributed by atoms with van der Waals surface area (Å²) in [6, 6.07) is 16.5. The molecule has 0 aromatic heterocycles. The van der Waals surface area contributed by atoms with Crippen molar-refractivity contribution < 1.29 is 0 Å². The summed E-state index contributed by atoms with van der Waals surface area (Å²) in [6.45, 7) is 6.94. The quantitative estimate of drug-likeness (QED) is 0.144. The fourth-order valence-electron chi connectivity index (χ4n) is 5.66. The van der Waals surface area contributed by atoms with Crippen LogP contribution in [0.4, 0.5) is 0 Å². The van der Waals surface area contributed by atoms with Crippen LogP contribution in [0.25, 0.3) is 11.1 Å². The zero-order valence-electron chi connectivity index (χ0n) is 24.4. The molecule has 2 aromatic rings. The molecule has 0 fully saturated rings. The Bertz CT molecular complexity index is 735. The Morgan fingerprint density at radius 1 is 0.417 bits per heavy atom. The van der Waals surface area contributed by atoms with E-state index in [0.29, 0.717) is 0 Å². The molecule has 0 aliphatic carbocycles. The summed E-state index contributed by atoms with van der Waals surface area (Å²) in [7, 11) is 0. The third kappa shape index (κ3) is 12.6. The lowest BCUT2D eigenvalue weighted by molar-refractivity contribution is 0.602. The van der Waals surface area contributed by atoms with Gasteiger partial charge >= 0.3 is 0 Å². The number of aryl methyl sites for hydroxylation is 3. The number of hydrogen-bond donors (Lipinski definition) is 0. The summed E-state index contributed by atoms with van der Waals surface area (Å²) < 4.78 is 0. The molecule has 0 aliphatic heterocycles. The highest BCUT2D eigenvalue weighted by Crippen LogP contribution is 2.32. The predicted molar refractivity (Wildman–Crippen MR) is 163 cm³/mol. The van der Waals surface area contributed by atoms with Gasteiger partial charge in [0, 0.05) is 0 Å². The predicted octanol–water partition coefficient (Wildman–Crippen LogP) is 12.1. The summed E-state index contributed by atoms with van der Waals surface area (Å²) in [5.74, 6) is 0. The molecule has 0 heterocycles. The molecule has 202 valence electrons. The molecule has 2 rings (SSSR count). The second kappa shape index (κ2) is 20.5. The number of unbranched alkanes of at least 4 members (excludes halogenated alkanes) is 15. The first kappa shape index (κ1) is 30.7. The third-order valence-corrected chi connectivity index (χ3v) is 7.84. The van der Waals surface area contributed by atoms with Gasteiger partial charge < -0.3 is 0 Å². The highest BCUT2D eigenvalue weighted by Gasteiger charge is 2.13. The van der Waals surface area contributed by atoms with Crippen molar-refractivity contribution in [3.05, 3.63) is 59.2 Å². The zero-order chi connectivity index (χ0) is 25.7. The van der Waals surface area contributed by atoms with E-state index in [1.807, 2.05) is 0 Å². The van der Waals surface area contributed by atoms with Crippen molar-refractivity contribution in [2.24, 2.45) is 0 Å². The summed E-state index contributed by atoms with van der Waals surface area (Å²) in [5, 5.41) is 0. The van der Waals surface area contributed by atoms with E-state index in [0.717, 1.165) is 0 Å². The van der Waals surface area contributed by atoms with E-state index < -0.39 is 0 Å². The van der Waals surface area contributed by atoms with E-state index >= 15 is 0 Å². The van der Waals surface area contributed by atoms with Gasteiger partial charge in [-0.2, -0.15) is 0 Å². The lowest BCUT2D eigenvalue weighted by Gasteiger charge is -2.19. The highest BCUT2D eigenvalue weighted by molar-refractivity contribution is 5.72. The number of hydrogen-bond acceptors (Lipinski definition) is 0. The highest BCUT2D eigenvalue weighted by atomic mass is 14.2. The van der Waals surface area contributed by atoms with Gasteiger partial charge in [-0.15, -0.1) is 0 Å². The van der Waals surface area contributed by atoms with Crippen LogP contribution in [0.1, 0.15) is 153 Å². The standard InChI is InChI=1S/C36H58/c1-4-7-10-13-16-20-25-32-30-34(28-21-17-14-11-8-5-2)36(33-26-23-19-24-27-33)35(31-32)29-22-18-15-12-9-6-3/h19,23-24,26-27,30-31H,4-18,20-22,25,28-29H2,1-3H3. The second-order valence-electron chi connectivity index (χ2n) is 11.2. The molecule has 0 aliphatic rings. The first-order chi connectivity index (χ1) is 17.8. The Morgan fingerprint density at radius 3 is 1.25 bits per heavy atom. The van der Waals surface area contributed by atoms with Gasteiger partial charge in [-0.25, -0.2) is 0 Å². The molecule has 0 bridgehead atoms. The summed E-state index contributed by atoms with van der Waals surface area (Å²) in [5.41, 5.74) is 7.87. The number of rotatable bonds is 22. The van der Waals surface area contributed by atoms with E-state index in [-0.39, 0.29) is 0 Å². The minimum absolute atomic E-state index is 1.24. The average Bonchev–Trinajstić information content (AvgIpc) is 2.90. The van der Waals surface area contributed by atoms with Gasteiger partial charge in [0.1, 0.15) is 0 Å². The van der Waals surface area contributed by atoms with Crippen molar-refractivity contribution in [2.45, 2.75) is 156 Å². The monoisotopic (exact) mass is 490 g/mol. The molecule has 0 radical (unpaired) electrons. The van der Waals surface area contributed by atoms with Crippen LogP contribution < -0.4 is 0 Å². The molecular weight excluding hydrogens is 432 g/mol. The van der Waals surface area contributed by atoms with Crippen LogP contribution in [-0.4, -0.2) is 0 Å². The van der Waals surface area contributed by atoms with Crippen LogP contribution >= 0.6 is 0 Å². The SMILES string of the molecule is CCCCCCCCc1cc(CCCCCCCC)c(-c2ccccc2)c(CCCCCCCC)c1. The molecule has 0 nitrogen and oxygen atoms in total. The van der Waals surface area contributed by atoms with Crippen molar-refractivity contribution >= 4 is 0 Å². The van der Waals surface area contributed by atoms with Crippen molar-refractivity contribution in [2.75, 3.05) is 0 Å². The van der Waals surface area contributed by atoms with Gasteiger partial charge in [0.2, 0.25) is 0 Å². The molecule has 0 unspecified atom stereocenters. The Balaban J connectivity index is 2.17. The van der Waals surface area contributed by atoms with Gasteiger partial charge in [-0.1, -0.05) is 160 Å². The first-order valence-corrected chi connectivity index (χ1v) is 16.0. The molecule has 0 amide bonds. The Hall–Kier alpha value is -1.56. The average molecular weight is 491 g/mol. The molecule has 0 saturated carbocycles. The maximum absolute atomic E-state index is 2.60. The van der Waals surface area contributed by atoms with E-state index in [1.54, 1.807) is 22.3 Å². The Kier molecular flexibility index (Phi) is 17.5. The van der Waals surface area contributed by atoms with Crippen LogP contribution in [0.3, 0.4) is 0 Å². The molecule has 0 N–H and O–H groups in total. The lowest BCUT2D eigenvalue weighted by atomic mass is 9.86. The van der Waals surface area contributed by atoms with Gasteiger partial charge in [0.15, 0.2) is 0 Å². The third-order valence-electron chi connectivity index (χ3n) is 7.84. The zero-order valence-corrected chi connectivity index (χ0v) is 24.4. The fraction of sp³-hybridized carbons (Fsp3) is 0.667. The summed E-state index contributed by atoms with van der Waals surface area (Å²) in [4.78, 5) is 0. The Labute approximate surface area is 225 Å². The topological polar surface area (TPSA) is 0 Å². The maximum Gasteiger partial charge on any atom is -0.0120 e. The molecule has 0 atom stereocenters. The van der Waals surface area contributed by atoms with Crippen LogP contribution in [0.2, 0.25) is 0 Å². The van der Waals surface area contributed by atoms with Gasteiger partial charge in [-0.3, -0.25) is 0 Å². The molecule has 0 saturated heterocycles. The normalized spacial score (nSPS) is 11.3. The fourth-order valence-corrected chi connectivity index (χ4v) is 5.66. The van der Waals surface area contributed by atoms with Crippen molar-refractivity contribution in [3.8, 4) is 11.1 Å². The van der Waals surface area contributed by atoms with Crippen molar-refractivity contribution in [3.63, 3.8) is 0 Å². The van der Waals surface area contributed by atoms with Crippen LogP contribution in [0, 0.1) is 0 Å². The van der Waals surface area contributed by atoms with Crippen molar-refractivity contribution in [1.82, 2.24) is 0 Å². The van der Waals surface area contributed by atoms with Gasteiger partial charge in [0.05, 0.1) is 0 Å². The molecule has 2 aromatic carbocycles. The maximum atomic E-state index is 2.60. The smallest absolute Gasteiger partial charge is 0.0120 e. The summed E-state index contributed by atoms with van der Waals surface area (Å²) in [6.07, 6.45) is 28.5. The molecule has 0 heteroatoms. The molecular formula is C36H58. The first-order valence-electron chi connectivity index (χ1n) is 16.0. The van der Waals surface area contributed by atoms with Crippen LogP contribution in [-0.2, 0) is 19.3 Å². The van der Waals surface area contributed by atoms with E-state index in [9.17, 15) is 0 Å². The minimum Gasteiger partial charge on any atom is -0.0654 e. The molecule has 36 heavy (non-hydrogen) atoms. The van der Waals surface area contributed by atoms with E-state index in [2.05, 4.69) is 63.2 Å². The molecule has 0 spiro atoms. The van der Waals surface area contributed by atoms with Gasteiger partial charge in [-0.05, 0) is 66.3 Å². The van der Waals surface area contributed by atoms with E-state index in [4.69, 9.17) is 0 Å². The van der Waals surface area contributed by atoms with Crippen molar-refractivity contribution in [1.29, 1.82) is 0 Å². The van der Waals surface area contributed by atoms with E-state index in [1.165, 1.54) is 140 Å². The second-order valence-corrected chi connectivity index (χ2v) is 11.2. The van der Waals surface area contributed by atoms with Crippen LogP contribution in [0.5, 0.6) is 0 Å². The summed E-state index contributed by atoms with van der Waals surface area (Å²) >= 11 is 0. The van der Waals surface area contributed by atoms with Crippen LogP contribution in [0.15, 0.2) is 42.5 Å². The Morgan fingerprint density at radius 2 is 0.806 bits per heavy atom.